The molecule has 47 heavy (non-hydrogen) atoms. The average Bonchev–Trinajstić information content (AvgIpc) is 3.73. The predicted octanol–water partition coefficient (Wildman–Crippen LogP) is 2.79. The highest BCUT2D eigenvalue weighted by Gasteiger charge is 2.44. The number of H-pyrrole nitrogens is 1. The Morgan fingerprint density at radius 1 is 0.957 bits per heavy atom. The first kappa shape index (κ1) is 29.9. The van der Waals surface area contributed by atoms with Crippen molar-refractivity contribution in [3.8, 4) is 35.0 Å². The molecule has 2 aliphatic rings. The molecular formula is C34H33N11O2. The summed E-state index contributed by atoms with van der Waals surface area (Å²) >= 11 is 0. The lowest BCUT2D eigenvalue weighted by molar-refractivity contribution is -0.133. The number of fused-ring (bicyclic) bond motifs is 1. The number of hydrogen-bond acceptors (Lipinski definition) is 10. The van der Waals surface area contributed by atoms with Crippen LogP contribution in [0.3, 0.4) is 0 Å². The summed E-state index contributed by atoms with van der Waals surface area (Å²) in [5.41, 5.74) is 3.80. The van der Waals surface area contributed by atoms with Crippen LogP contribution in [0.4, 0.5) is 11.6 Å². The van der Waals surface area contributed by atoms with Gasteiger partial charge in [0.05, 0.1) is 17.6 Å². The fourth-order valence-corrected chi connectivity index (χ4v) is 6.14. The third kappa shape index (κ3) is 6.10. The molecule has 0 radical (unpaired) electrons. The molecule has 2 aliphatic heterocycles. The van der Waals surface area contributed by atoms with Gasteiger partial charge in [-0.05, 0) is 49.7 Å². The number of aromatic nitrogens is 7. The molecule has 1 aromatic carbocycles. The van der Waals surface area contributed by atoms with E-state index in [2.05, 4.69) is 51.3 Å². The molecule has 7 rings (SSSR count). The van der Waals surface area contributed by atoms with Crippen molar-refractivity contribution in [1.82, 2.24) is 44.9 Å². The lowest BCUT2D eigenvalue weighted by atomic mass is 9.87. The first-order valence-corrected chi connectivity index (χ1v) is 15.5. The second kappa shape index (κ2) is 12.6. The maximum atomic E-state index is 13.6. The number of nitrogens with zero attached hydrogens (tertiary/aromatic N) is 9. The van der Waals surface area contributed by atoms with Crippen LogP contribution >= 0.6 is 0 Å². The SMILES string of the molecule is C#CC1(C(=O)Nc2ccc3[nH]nc(-c4ccnc(C)c4)c3c2)CCN(CC(=O)N2CCN(c3ncc(-c4ncccn4)cn3)CC2)C1. The number of anilines is 2. The van der Waals surface area contributed by atoms with Gasteiger partial charge < -0.3 is 15.1 Å². The Bertz CT molecular complexity index is 1960. The van der Waals surface area contributed by atoms with Crippen LogP contribution < -0.4 is 10.2 Å². The smallest absolute Gasteiger partial charge is 0.244 e. The molecule has 0 bridgehead atoms. The Hall–Kier alpha value is -5.74. The summed E-state index contributed by atoms with van der Waals surface area (Å²) in [6.07, 6.45) is 15.0. The number of hydrogen-bond donors (Lipinski definition) is 2. The zero-order chi connectivity index (χ0) is 32.4. The molecule has 13 heteroatoms. The summed E-state index contributed by atoms with van der Waals surface area (Å²) in [6.45, 7) is 5.34. The van der Waals surface area contributed by atoms with E-state index in [0.29, 0.717) is 63.1 Å². The van der Waals surface area contributed by atoms with Crippen molar-refractivity contribution in [2.75, 3.05) is 56.0 Å². The van der Waals surface area contributed by atoms with Gasteiger partial charge in [0, 0.05) is 92.6 Å². The molecule has 2 N–H and O–H groups in total. The van der Waals surface area contributed by atoms with Crippen molar-refractivity contribution in [2.45, 2.75) is 13.3 Å². The molecule has 1 unspecified atom stereocenters. The van der Waals surface area contributed by atoms with Crippen molar-refractivity contribution >= 4 is 34.4 Å². The molecule has 1 atom stereocenters. The molecule has 236 valence electrons. The van der Waals surface area contributed by atoms with E-state index in [1.165, 1.54) is 0 Å². The van der Waals surface area contributed by atoms with Crippen LogP contribution in [0.5, 0.6) is 0 Å². The Balaban J connectivity index is 0.944. The standard InChI is InChI=1S/C34H33N11O2/c1-3-34(32(47)40-26-5-6-28-27(18-26)30(42-41-28)24-7-11-35-23(2)17-24)8-12-43(22-34)21-29(46)44-13-15-45(16-14-44)33-38-19-25(20-39-33)31-36-9-4-10-37-31/h1,4-7,9-11,17-20H,8,12-16,21-22H2,2H3,(H,40,47)(H,41,42). The van der Waals surface area contributed by atoms with Gasteiger partial charge in [-0.3, -0.25) is 24.6 Å². The highest BCUT2D eigenvalue weighted by Crippen LogP contribution is 2.33. The number of benzene rings is 1. The highest BCUT2D eigenvalue weighted by molar-refractivity contribution is 6.01. The number of nitrogens with one attached hydrogen (secondary N) is 2. The number of aryl methyl sites for hydroxylation is 1. The normalized spacial score (nSPS) is 18.3. The Morgan fingerprint density at radius 3 is 2.49 bits per heavy atom. The summed E-state index contributed by atoms with van der Waals surface area (Å²) in [4.78, 5) is 54.5. The van der Waals surface area contributed by atoms with Gasteiger partial charge in [-0.1, -0.05) is 5.92 Å². The van der Waals surface area contributed by atoms with Crippen LogP contribution in [0, 0.1) is 24.7 Å². The number of piperazine rings is 1. The van der Waals surface area contributed by atoms with Gasteiger partial charge in [0.1, 0.15) is 11.1 Å². The molecule has 0 saturated carbocycles. The number of aromatic amines is 1. The van der Waals surface area contributed by atoms with E-state index in [1.54, 1.807) is 37.1 Å². The summed E-state index contributed by atoms with van der Waals surface area (Å²) in [6, 6.07) is 11.3. The number of amides is 2. The maximum absolute atomic E-state index is 13.6. The topological polar surface area (TPSA) is 149 Å². The van der Waals surface area contributed by atoms with E-state index in [0.717, 1.165) is 33.4 Å². The number of pyridine rings is 1. The number of carbonyl (C=O) groups is 2. The molecule has 13 nitrogen and oxygen atoms in total. The van der Waals surface area contributed by atoms with Crippen LogP contribution in [0.15, 0.2) is 67.4 Å². The Kier molecular flexibility index (Phi) is 8.01. The van der Waals surface area contributed by atoms with Gasteiger partial charge in [0.25, 0.3) is 0 Å². The van der Waals surface area contributed by atoms with Gasteiger partial charge in [0.2, 0.25) is 17.8 Å². The van der Waals surface area contributed by atoms with Crippen LogP contribution in [0.2, 0.25) is 0 Å². The zero-order valence-electron chi connectivity index (χ0n) is 25.9. The second-order valence-corrected chi connectivity index (χ2v) is 11.9. The van der Waals surface area contributed by atoms with E-state index in [4.69, 9.17) is 6.42 Å². The highest BCUT2D eigenvalue weighted by atomic mass is 16.2. The zero-order valence-corrected chi connectivity index (χ0v) is 25.9. The summed E-state index contributed by atoms with van der Waals surface area (Å²) in [5.74, 6) is 3.70. The molecule has 5 aromatic rings. The minimum atomic E-state index is -1.04. The van der Waals surface area contributed by atoms with Crippen LogP contribution in [0.1, 0.15) is 12.1 Å². The van der Waals surface area contributed by atoms with Crippen molar-refractivity contribution in [3.05, 3.63) is 73.1 Å². The Labute approximate surface area is 271 Å². The average molecular weight is 628 g/mol. The second-order valence-electron chi connectivity index (χ2n) is 11.9. The third-order valence-corrected chi connectivity index (χ3v) is 8.79. The van der Waals surface area contributed by atoms with Crippen molar-refractivity contribution < 1.29 is 9.59 Å². The van der Waals surface area contributed by atoms with Gasteiger partial charge in [-0.25, -0.2) is 19.9 Å². The van der Waals surface area contributed by atoms with Crippen molar-refractivity contribution in [1.29, 1.82) is 0 Å². The van der Waals surface area contributed by atoms with Gasteiger partial charge in [-0.2, -0.15) is 5.10 Å². The third-order valence-electron chi connectivity index (χ3n) is 8.79. The lowest BCUT2D eigenvalue weighted by Crippen LogP contribution is -2.51. The van der Waals surface area contributed by atoms with E-state index in [9.17, 15) is 9.59 Å². The monoisotopic (exact) mass is 627 g/mol. The number of carbonyl (C=O) groups excluding carboxylic acids is 2. The molecule has 0 spiro atoms. The van der Waals surface area contributed by atoms with Crippen molar-refractivity contribution in [2.24, 2.45) is 5.41 Å². The maximum Gasteiger partial charge on any atom is 0.244 e. The number of likely N-dealkylation sites (tertiary alicyclic amines) is 1. The summed E-state index contributed by atoms with van der Waals surface area (Å²) in [5, 5.41) is 11.5. The molecule has 0 aliphatic carbocycles. The minimum Gasteiger partial charge on any atom is -0.338 e. The van der Waals surface area contributed by atoms with E-state index in [1.807, 2.05) is 47.1 Å². The number of terminal acetylenes is 1. The molecule has 2 saturated heterocycles. The van der Waals surface area contributed by atoms with Gasteiger partial charge in [-0.15, -0.1) is 6.42 Å². The van der Waals surface area contributed by atoms with Gasteiger partial charge in [0.15, 0.2) is 5.82 Å². The van der Waals surface area contributed by atoms with Crippen LogP contribution in [-0.4, -0.2) is 103 Å². The van der Waals surface area contributed by atoms with E-state index in [-0.39, 0.29) is 18.4 Å². The van der Waals surface area contributed by atoms with E-state index >= 15 is 0 Å². The van der Waals surface area contributed by atoms with Crippen molar-refractivity contribution in [3.63, 3.8) is 0 Å². The first-order chi connectivity index (χ1) is 22.9. The largest absolute Gasteiger partial charge is 0.338 e. The quantitative estimate of drug-likeness (QED) is 0.258. The van der Waals surface area contributed by atoms with Gasteiger partial charge >= 0.3 is 0 Å². The summed E-state index contributed by atoms with van der Waals surface area (Å²) in [7, 11) is 0. The molecule has 6 heterocycles. The molecule has 2 fully saturated rings. The fourth-order valence-electron chi connectivity index (χ4n) is 6.14. The minimum absolute atomic E-state index is 0.0136. The molecule has 4 aromatic heterocycles. The Morgan fingerprint density at radius 2 is 1.74 bits per heavy atom. The number of rotatable bonds is 7. The molecular weight excluding hydrogens is 594 g/mol. The fraction of sp³-hybridized carbons (Fsp3) is 0.294. The predicted molar refractivity (Wildman–Crippen MR) is 177 cm³/mol. The summed E-state index contributed by atoms with van der Waals surface area (Å²) < 4.78 is 0. The molecule has 2 amide bonds. The van der Waals surface area contributed by atoms with Crippen LogP contribution in [0.25, 0.3) is 33.5 Å². The lowest BCUT2D eigenvalue weighted by Gasteiger charge is -2.35. The van der Waals surface area contributed by atoms with Crippen LogP contribution in [-0.2, 0) is 9.59 Å². The van der Waals surface area contributed by atoms with E-state index < -0.39 is 5.41 Å². The first-order valence-electron chi connectivity index (χ1n) is 15.5.